The zero-order valence-corrected chi connectivity index (χ0v) is 16.4. The summed E-state index contributed by atoms with van der Waals surface area (Å²) in [6.07, 6.45) is 0. The average molecular weight is 400 g/mol. The predicted molar refractivity (Wildman–Crippen MR) is 109 cm³/mol. The Balaban J connectivity index is 1.72. The number of hydrogen-bond acceptors (Lipinski definition) is 6. The van der Waals surface area contributed by atoms with E-state index < -0.39 is 4.92 Å². The van der Waals surface area contributed by atoms with E-state index in [0.29, 0.717) is 12.4 Å². The molecule has 8 nitrogen and oxygen atoms in total. The maximum atomic E-state index is 12.4. The number of rotatable bonds is 8. The Hall–Kier alpha value is -3.07. The van der Waals surface area contributed by atoms with Gasteiger partial charge in [-0.3, -0.25) is 14.9 Å². The number of ether oxygens (including phenoxy) is 1. The van der Waals surface area contributed by atoms with E-state index in [-0.39, 0.29) is 23.0 Å². The van der Waals surface area contributed by atoms with Crippen molar-refractivity contribution in [2.75, 3.05) is 17.7 Å². The molecular weight excluding hydrogens is 380 g/mol. The first kappa shape index (κ1) is 19.7. The first-order valence-electron chi connectivity index (χ1n) is 8.82. The summed E-state index contributed by atoms with van der Waals surface area (Å²) in [7, 11) is 0. The van der Waals surface area contributed by atoms with Gasteiger partial charge in [-0.2, -0.15) is 0 Å². The standard InChI is InChI=1S/C19H20N4O4S/c1-3-22-16-8-6-5-7-14(16)21-19(22)28-12-18(24)20-15-10-9-13(27-4-2)11-17(15)23(25)26/h5-11H,3-4,12H2,1-2H3,(H,20,24). The third-order valence-corrected chi connectivity index (χ3v) is 5.00. The van der Waals surface area contributed by atoms with E-state index in [1.165, 1.54) is 23.9 Å². The summed E-state index contributed by atoms with van der Waals surface area (Å²) >= 11 is 1.30. The van der Waals surface area contributed by atoms with Gasteiger partial charge in [-0.25, -0.2) is 4.98 Å². The summed E-state index contributed by atoms with van der Waals surface area (Å²) in [5.41, 5.74) is 1.82. The van der Waals surface area contributed by atoms with Gasteiger partial charge in [0.05, 0.1) is 34.4 Å². The fraction of sp³-hybridized carbons (Fsp3) is 0.263. The SMILES string of the molecule is CCOc1ccc(NC(=O)CSc2nc3ccccc3n2CC)c([N+](=O)[O-])c1. The Labute approximate surface area is 166 Å². The van der Waals surface area contributed by atoms with Gasteiger partial charge in [0.2, 0.25) is 5.91 Å². The molecule has 1 heterocycles. The highest BCUT2D eigenvalue weighted by atomic mass is 32.2. The number of aromatic nitrogens is 2. The van der Waals surface area contributed by atoms with Crippen LogP contribution in [0.2, 0.25) is 0 Å². The normalized spacial score (nSPS) is 10.8. The topological polar surface area (TPSA) is 99.3 Å². The molecule has 0 fully saturated rings. The van der Waals surface area contributed by atoms with E-state index in [2.05, 4.69) is 10.3 Å². The van der Waals surface area contributed by atoms with Crippen LogP contribution < -0.4 is 10.1 Å². The highest BCUT2D eigenvalue weighted by Crippen LogP contribution is 2.30. The van der Waals surface area contributed by atoms with Gasteiger partial charge in [0.1, 0.15) is 11.4 Å². The van der Waals surface area contributed by atoms with E-state index in [1.54, 1.807) is 13.0 Å². The van der Waals surface area contributed by atoms with E-state index in [0.717, 1.165) is 22.7 Å². The Morgan fingerprint density at radius 2 is 2.07 bits per heavy atom. The molecule has 0 saturated carbocycles. The monoisotopic (exact) mass is 400 g/mol. The molecule has 0 aliphatic rings. The van der Waals surface area contributed by atoms with Crippen LogP contribution >= 0.6 is 11.8 Å². The highest BCUT2D eigenvalue weighted by Gasteiger charge is 2.18. The molecule has 0 bridgehead atoms. The molecule has 3 rings (SSSR count). The lowest BCUT2D eigenvalue weighted by molar-refractivity contribution is -0.384. The number of para-hydroxylation sites is 2. The van der Waals surface area contributed by atoms with Gasteiger partial charge in [-0.15, -0.1) is 0 Å². The summed E-state index contributed by atoms with van der Waals surface area (Å²) in [5.74, 6) is 0.137. The Morgan fingerprint density at radius 1 is 1.29 bits per heavy atom. The first-order chi connectivity index (χ1) is 13.5. The quantitative estimate of drug-likeness (QED) is 0.347. The molecule has 0 aliphatic heterocycles. The number of carbonyl (C=O) groups excluding carboxylic acids is 1. The fourth-order valence-electron chi connectivity index (χ4n) is 2.81. The summed E-state index contributed by atoms with van der Waals surface area (Å²) in [5, 5.41) is 14.6. The van der Waals surface area contributed by atoms with Crippen LogP contribution in [0.1, 0.15) is 13.8 Å². The minimum Gasteiger partial charge on any atom is -0.494 e. The van der Waals surface area contributed by atoms with Crippen LogP contribution in [0.4, 0.5) is 11.4 Å². The van der Waals surface area contributed by atoms with Crippen LogP contribution in [0, 0.1) is 10.1 Å². The second kappa shape index (κ2) is 8.75. The van der Waals surface area contributed by atoms with Crippen molar-refractivity contribution >= 4 is 40.1 Å². The second-order valence-corrected chi connectivity index (χ2v) is 6.78. The van der Waals surface area contributed by atoms with Crippen molar-refractivity contribution in [3.05, 3.63) is 52.6 Å². The van der Waals surface area contributed by atoms with Crippen molar-refractivity contribution in [2.24, 2.45) is 0 Å². The molecule has 146 valence electrons. The lowest BCUT2D eigenvalue weighted by Gasteiger charge is -2.09. The summed E-state index contributed by atoms with van der Waals surface area (Å²) in [4.78, 5) is 27.7. The minimum absolute atomic E-state index is 0.0910. The molecule has 1 N–H and O–H groups in total. The molecule has 2 aromatic carbocycles. The van der Waals surface area contributed by atoms with Gasteiger partial charge in [-0.1, -0.05) is 23.9 Å². The van der Waals surface area contributed by atoms with E-state index in [4.69, 9.17) is 4.74 Å². The lowest BCUT2D eigenvalue weighted by atomic mass is 10.2. The van der Waals surface area contributed by atoms with Crippen LogP contribution in [0.25, 0.3) is 11.0 Å². The minimum atomic E-state index is -0.540. The van der Waals surface area contributed by atoms with Crippen LogP contribution in [-0.2, 0) is 11.3 Å². The molecular formula is C19H20N4O4S. The lowest BCUT2D eigenvalue weighted by Crippen LogP contribution is -2.15. The van der Waals surface area contributed by atoms with Crippen molar-refractivity contribution in [1.29, 1.82) is 0 Å². The molecule has 0 saturated heterocycles. The number of nitro groups is 1. The van der Waals surface area contributed by atoms with Gasteiger partial charge in [0.25, 0.3) is 5.69 Å². The fourth-order valence-corrected chi connectivity index (χ4v) is 3.69. The maximum absolute atomic E-state index is 12.4. The molecule has 1 aromatic heterocycles. The van der Waals surface area contributed by atoms with Crippen LogP contribution in [-0.4, -0.2) is 32.7 Å². The number of benzene rings is 2. The number of nitrogens with zero attached hydrogens (tertiary/aromatic N) is 3. The number of nitro benzene ring substituents is 1. The molecule has 0 unspecified atom stereocenters. The van der Waals surface area contributed by atoms with Crippen molar-refractivity contribution in [1.82, 2.24) is 9.55 Å². The third kappa shape index (κ3) is 4.25. The number of nitrogens with one attached hydrogen (secondary N) is 1. The largest absolute Gasteiger partial charge is 0.494 e. The Kier molecular flexibility index (Phi) is 6.15. The number of imidazole rings is 1. The number of anilines is 1. The Bertz CT molecular complexity index is 1020. The number of hydrogen-bond donors (Lipinski definition) is 1. The van der Waals surface area contributed by atoms with Gasteiger partial charge < -0.3 is 14.6 Å². The van der Waals surface area contributed by atoms with Crippen LogP contribution in [0.5, 0.6) is 5.75 Å². The number of carbonyl (C=O) groups is 1. The zero-order valence-electron chi connectivity index (χ0n) is 15.5. The maximum Gasteiger partial charge on any atom is 0.296 e. The van der Waals surface area contributed by atoms with E-state index in [9.17, 15) is 14.9 Å². The highest BCUT2D eigenvalue weighted by molar-refractivity contribution is 7.99. The van der Waals surface area contributed by atoms with E-state index >= 15 is 0 Å². The van der Waals surface area contributed by atoms with Gasteiger partial charge in [-0.05, 0) is 38.1 Å². The van der Waals surface area contributed by atoms with Gasteiger partial charge >= 0.3 is 0 Å². The Morgan fingerprint density at radius 3 is 2.79 bits per heavy atom. The second-order valence-electron chi connectivity index (χ2n) is 5.83. The summed E-state index contributed by atoms with van der Waals surface area (Å²) < 4.78 is 7.32. The molecule has 0 atom stereocenters. The molecule has 0 radical (unpaired) electrons. The van der Waals surface area contributed by atoms with Gasteiger partial charge in [0, 0.05) is 6.54 Å². The smallest absolute Gasteiger partial charge is 0.296 e. The molecule has 9 heteroatoms. The van der Waals surface area contributed by atoms with Crippen LogP contribution in [0.15, 0.2) is 47.6 Å². The van der Waals surface area contributed by atoms with Crippen molar-refractivity contribution in [3.63, 3.8) is 0 Å². The third-order valence-electron chi connectivity index (χ3n) is 4.02. The molecule has 28 heavy (non-hydrogen) atoms. The molecule has 3 aromatic rings. The van der Waals surface area contributed by atoms with E-state index in [1.807, 2.05) is 35.8 Å². The van der Waals surface area contributed by atoms with Crippen molar-refractivity contribution in [2.45, 2.75) is 25.5 Å². The number of amides is 1. The molecule has 0 spiro atoms. The van der Waals surface area contributed by atoms with Crippen LogP contribution in [0.3, 0.4) is 0 Å². The molecule has 1 amide bonds. The summed E-state index contributed by atoms with van der Waals surface area (Å²) in [6, 6.07) is 12.2. The zero-order chi connectivity index (χ0) is 20.1. The van der Waals surface area contributed by atoms with Crippen molar-refractivity contribution < 1.29 is 14.5 Å². The van der Waals surface area contributed by atoms with Gasteiger partial charge in [0.15, 0.2) is 5.16 Å². The van der Waals surface area contributed by atoms with Crippen molar-refractivity contribution in [3.8, 4) is 5.75 Å². The average Bonchev–Trinajstić information content (AvgIpc) is 3.05. The first-order valence-corrected chi connectivity index (χ1v) is 9.81. The number of aryl methyl sites for hydroxylation is 1. The predicted octanol–water partition coefficient (Wildman–Crippen LogP) is 4.09. The number of thioether (sulfide) groups is 1. The summed E-state index contributed by atoms with van der Waals surface area (Å²) in [6.45, 7) is 4.94. The molecule has 0 aliphatic carbocycles. The number of fused-ring (bicyclic) bond motifs is 1.